The Balaban J connectivity index is 1.51. The third-order valence-electron chi connectivity index (χ3n) is 6.91. The molecule has 0 spiro atoms. The Hall–Kier alpha value is -2.13. The Morgan fingerprint density at radius 1 is 0.931 bits per heavy atom. The normalized spacial score (nSPS) is 22.5. The molecule has 0 saturated carbocycles. The number of piperidine rings is 1. The number of nitrogens with zero attached hydrogens (tertiary/aromatic N) is 2. The standard InChI is InChI=1S/C26H34N2O/c1-2-26(29)27-18-16-23-14-9-15-24(20-27)28(23)19-17-25(21-10-5-3-6-11-21)22-12-7-4-8-13-22/h3-8,10-13,23-25H,2,9,14-20H2,1H3. The van der Waals surface area contributed by atoms with E-state index in [1.54, 1.807) is 0 Å². The molecule has 2 bridgehead atoms. The van der Waals surface area contributed by atoms with Gasteiger partial charge in [-0.05, 0) is 43.4 Å². The minimum absolute atomic E-state index is 0.323. The first kappa shape index (κ1) is 20.2. The lowest BCUT2D eigenvalue weighted by atomic mass is 9.87. The molecule has 1 amide bonds. The van der Waals surface area contributed by atoms with Crippen molar-refractivity contribution in [1.29, 1.82) is 0 Å². The molecular formula is C26H34N2O. The van der Waals surface area contributed by atoms with Crippen LogP contribution in [0.1, 0.15) is 62.5 Å². The van der Waals surface area contributed by atoms with Crippen LogP contribution in [0.25, 0.3) is 0 Å². The summed E-state index contributed by atoms with van der Waals surface area (Å²) in [5, 5.41) is 0. The molecular weight excluding hydrogens is 356 g/mol. The number of hydrogen-bond donors (Lipinski definition) is 0. The van der Waals surface area contributed by atoms with Crippen LogP contribution in [0.3, 0.4) is 0 Å². The predicted molar refractivity (Wildman–Crippen MR) is 119 cm³/mol. The van der Waals surface area contributed by atoms with Crippen LogP contribution in [-0.4, -0.2) is 47.4 Å². The zero-order valence-electron chi connectivity index (χ0n) is 17.7. The zero-order valence-corrected chi connectivity index (χ0v) is 17.7. The SMILES string of the molecule is CCC(=O)N1CCC2CCCC(C1)N2CCC(c1ccccc1)c1ccccc1. The molecule has 2 aromatic rings. The van der Waals surface area contributed by atoms with Gasteiger partial charge in [0.1, 0.15) is 0 Å². The molecule has 0 aliphatic carbocycles. The summed E-state index contributed by atoms with van der Waals surface area (Å²) in [6.07, 6.45) is 6.70. The van der Waals surface area contributed by atoms with Crippen molar-refractivity contribution in [1.82, 2.24) is 9.80 Å². The van der Waals surface area contributed by atoms with Gasteiger partial charge in [-0.1, -0.05) is 74.0 Å². The van der Waals surface area contributed by atoms with Crippen molar-refractivity contribution in [2.75, 3.05) is 19.6 Å². The number of amides is 1. The van der Waals surface area contributed by atoms with Gasteiger partial charge < -0.3 is 4.90 Å². The molecule has 0 radical (unpaired) electrons. The predicted octanol–water partition coefficient (Wildman–Crippen LogP) is 5.07. The van der Waals surface area contributed by atoms with Crippen LogP contribution in [0.2, 0.25) is 0 Å². The molecule has 0 N–H and O–H groups in total. The lowest BCUT2D eigenvalue weighted by Gasteiger charge is -2.41. The average molecular weight is 391 g/mol. The summed E-state index contributed by atoms with van der Waals surface area (Å²) in [5.41, 5.74) is 2.81. The van der Waals surface area contributed by atoms with Crippen molar-refractivity contribution in [2.24, 2.45) is 0 Å². The lowest BCUT2D eigenvalue weighted by molar-refractivity contribution is -0.131. The first-order valence-corrected chi connectivity index (χ1v) is 11.4. The number of carbonyl (C=O) groups excluding carboxylic acids is 1. The number of carbonyl (C=O) groups is 1. The van der Waals surface area contributed by atoms with Gasteiger partial charge in [0.25, 0.3) is 0 Å². The molecule has 2 saturated heterocycles. The van der Waals surface area contributed by atoms with E-state index >= 15 is 0 Å². The van der Waals surface area contributed by atoms with E-state index in [2.05, 4.69) is 70.5 Å². The number of fused-ring (bicyclic) bond motifs is 2. The number of hydrogen-bond acceptors (Lipinski definition) is 2. The average Bonchev–Trinajstić information content (AvgIpc) is 2.87. The lowest BCUT2D eigenvalue weighted by Crippen LogP contribution is -2.49. The van der Waals surface area contributed by atoms with Crippen LogP contribution in [0, 0.1) is 0 Å². The highest BCUT2D eigenvalue weighted by molar-refractivity contribution is 5.75. The molecule has 2 aliphatic heterocycles. The summed E-state index contributed by atoms with van der Waals surface area (Å²) in [4.78, 5) is 17.2. The van der Waals surface area contributed by atoms with E-state index in [1.807, 2.05) is 6.92 Å². The topological polar surface area (TPSA) is 23.6 Å². The second-order valence-corrected chi connectivity index (χ2v) is 8.62. The van der Waals surface area contributed by atoms with Crippen molar-refractivity contribution in [2.45, 2.75) is 63.5 Å². The van der Waals surface area contributed by atoms with Crippen LogP contribution in [0.5, 0.6) is 0 Å². The quantitative estimate of drug-likeness (QED) is 0.687. The Labute approximate surface area is 175 Å². The van der Waals surface area contributed by atoms with Crippen molar-refractivity contribution in [3.63, 3.8) is 0 Å². The minimum Gasteiger partial charge on any atom is -0.341 e. The summed E-state index contributed by atoms with van der Waals surface area (Å²) >= 11 is 0. The minimum atomic E-state index is 0.323. The van der Waals surface area contributed by atoms with Gasteiger partial charge in [-0.2, -0.15) is 0 Å². The van der Waals surface area contributed by atoms with Gasteiger partial charge in [0.05, 0.1) is 0 Å². The molecule has 154 valence electrons. The molecule has 2 aromatic carbocycles. The van der Waals surface area contributed by atoms with Crippen molar-refractivity contribution in [3.05, 3.63) is 71.8 Å². The fraction of sp³-hybridized carbons (Fsp3) is 0.500. The highest BCUT2D eigenvalue weighted by Crippen LogP contribution is 2.33. The van der Waals surface area contributed by atoms with Crippen molar-refractivity contribution in [3.8, 4) is 0 Å². The molecule has 2 unspecified atom stereocenters. The molecule has 4 rings (SSSR count). The molecule has 29 heavy (non-hydrogen) atoms. The van der Waals surface area contributed by atoms with Crippen LogP contribution in [0.4, 0.5) is 0 Å². The van der Waals surface area contributed by atoms with E-state index in [9.17, 15) is 4.79 Å². The third kappa shape index (κ3) is 4.72. The zero-order chi connectivity index (χ0) is 20.1. The summed E-state index contributed by atoms with van der Waals surface area (Å²) < 4.78 is 0. The maximum atomic E-state index is 12.4. The van der Waals surface area contributed by atoms with Gasteiger partial charge in [-0.15, -0.1) is 0 Å². The maximum absolute atomic E-state index is 12.4. The van der Waals surface area contributed by atoms with E-state index in [0.29, 0.717) is 30.3 Å². The third-order valence-corrected chi connectivity index (χ3v) is 6.91. The second-order valence-electron chi connectivity index (χ2n) is 8.62. The van der Waals surface area contributed by atoms with E-state index < -0.39 is 0 Å². The van der Waals surface area contributed by atoms with Gasteiger partial charge in [-0.25, -0.2) is 0 Å². The van der Waals surface area contributed by atoms with E-state index in [0.717, 1.165) is 32.5 Å². The van der Waals surface area contributed by atoms with Gasteiger partial charge >= 0.3 is 0 Å². The van der Waals surface area contributed by atoms with Crippen LogP contribution < -0.4 is 0 Å². The van der Waals surface area contributed by atoms with Gasteiger partial charge in [-0.3, -0.25) is 9.69 Å². The Bertz CT molecular complexity index is 736. The molecule has 2 fully saturated rings. The van der Waals surface area contributed by atoms with Gasteiger partial charge in [0.2, 0.25) is 5.91 Å². The van der Waals surface area contributed by atoms with Crippen LogP contribution in [-0.2, 0) is 4.79 Å². The Kier molecular flexibility index (Phi) is 6.66. The largest absolute Gasteiger partial charge is 0.341 e. The Morgan fingerprint density at radius 2 is 1.55 bits per heavy atom. The van der Waals surface area contributed by atoms with E-state index in [-0.39, 0.29) is 0 Å². The monoisotopic (exact) mass is 390 g/mol. The van der Waals surface area contributed by atoms with Crippen LogP contribution in [0.15, 0.2) is 60.7 Å². The summed E-state index contributed by atoms with van der Waals surface area (Å²) in [5.74, 6) is 0.749. The van der Waals surface area contributed by atoms with Gasteiger partial charge in [0.15, 0.2) is 0 Å². The fourth-order valence-electron chi connectivity index (χ4n) is 5.37. The molecule has 2 aliphatic rings. The van der Waals surface area contributed by atoms with Crippen molar-refractivity contribution >= 4 is 5.91 Å². The molecule has 3 nitrogen and oxygen atoms in total. The highest BCUT2D eigenvalue weighted by Gasteiger charge is 2.35. The molecule has 2 atom stereocenters. The first-order chi connectivity index (χ1) is 14.3. The van der Waals surface area contributed by atoms with Crippen molar-refractivity contribution < 1.29 is 4.79 Å². The first-order valence-electron chi connectivity index (χ1n) is 11.4. The molecule has 0 aromatic heterocycles. The second kappa shape index (κ2) is 9.58. The molecule has 3 heteroatoms. The molecule has 2 heterocycles. The smallest absolute Gasteiger partial charge is 0.222 e. The fourth-order valence-corrected chi connectivity index (χ4v) is 5.37. The maximum Gasteiger partial charge on any atom is 0.222 e. The van der Waals surface area contributed by atoms with Crippen LogP contribution >= 0.6 is 0 Å². The van der Waals surface area contributed by atoms with Gasteiger partial charge in [0, 0.05) is 37.5 Å². The summed E-state index contributed by atoms with van der Waals surface area (Å²) in [6.45, 7) is 4.95. The summed E-state index contributed by atoms with van der Waals surface area (Å²) in [6, 6.07) is 23.0. The highest BCUT2D eigenvalue weighted by atomic mass is 16.2. The number of benzene rings is 2. The van der Waals surface area contributed by atoms with E-state index in [4.69, 9.17) is 0 Å². The number of rotatable bonds is 6. The summed E-state index contributed by atoms with van der Waals surface area (Å²) in [7, 11) is 0. The Morgan fingerprint density at radius 3 is 2.17 bits per heavy atom. The van der Waals surface area contributed by atoms with E-state index in [1.165, 1.54) is 30.4 Å².